The van der Waals surface area contributed by atoms with E-state index in [4.69, 9.17) is 15.0 Å². The molecule has 9 rings (SSSR count). The van der Waals surface area contributed by atoms with E-state index in [-0.39, 0.29) is 12.0 Å². The van der Waals surface area contributed by atoms with Gasteiger partial charge in [0.2, 0.25) is 0 Å². The minimum absolute atomic E-state index is 0.167. The van der Waals surface area contributed by atoms with Crippen molar-refractivity contribution in [2.75, 3.05) is 4.90 Å². The molecular weight excluding hydrogens is 573 g/mol. The molecule has 0 amide bonds. The number of hydrogen-bond donors (Lipinski definition) is 0. The first-order valence-corrected chi connectivity index (χ1v) is 16.0. The van der Waals surface area contributed by atoms with Gasteiger partial charge in [0.05, 0.1) is 11.7 Å². The second kappa shape index (κ2) is 11.3. The Morgan fingerprint density at radius 2 is 1.00 bits per heavy atom. The maximum Gasteiger partial charge on any atom is 0.164 e. The smallest absolute Gasteiger partial charge is 0.164 e. The lowest BCUT2D eigenvalue weighted by molar-refractivity contribution is 0.746. The molecule has 0 fully saturated rings. The highest BCUT2D eigenvalue weighted by Crippen LogP contribution is 2.53. The summed E-state index contributed by atoms with van der Waals surface area (Å²) in [5, 5.41) is 2.26. The monoisotopic (exact) mass is 602 g/mol. The highest BCUT2D eigenvalue weighted by atomic mass is 15.2. The number of benzene rings is 6. The molecule has 47 heavy (non-hydrogen) atoms. The summed E-state index contributed by atoms with van der Waals surface area (Å²) < 4.78 is 0. The molecule has 222 valence electrons. The van der Waals surface area contributed by atoms with E-state index in [1.54, 1.807) is 0 Å². The Hall–Kier alpha value is -6.13. The molecule has 4 nitrogen and oxygen atoms in total. The standard InChI is InChI=1S/C43H30N4/c1-4-15-29(16-5-1)32-24-14-25-36-35-23-12-13-26-38(35)47(40(32)36)39-28-27-37(33-21-10-11-22-34(33)39)43-45-41(30-17-6-2-7-18-30)44-42(46-43)31-19-8-3-9-20-31/h1-28,35,38H. The van der Waals surface area contributed by atoms with Crippen molar-refractivity contribution in [3.8, 4) is 45.3 Å². The van der Waals surface area contributed by atoms with Crippen LogP contribution in [-0.2, 0) is 0 Å². The van der Waals surface area contributed by atoms with Gasteiger partial charge >= 0.3 is 0 Å². The molecule has 0 spiro atoms. The molecule has 7 aromatic rings. The second-order valence-corrected chi connectivity index (χ2v) is 12.0. The summed E-state index contributed by atoms with van der Waals surface area (Å²) >= 11 is 0. The van der Waals surface area contributed by atoms with Gasteiger partial charge in [-0.15, -0.1) is 0 Å². The van der Waals surface area contributed by atoms with E-state index in [0.717, 1.165) is 27.5 Å². The van der Waals surface area contributed by atoms with Crippen LogP contribution in [0.15, 0.2) is 170 Å². The number of para-hydroxylation sites is 1. The van der Waals surface area contributed by atoms with Gasteiger partial charge < -0.3 is 4.90 Å². The van der Waals surface area contributed by atoms with Crippen molar-refractivity contribution in [2.45, 2.75) is 12.0 Å². The molecule has 2 heterocycles. The molecule has 0 radical (unpaired) electrons. The van der Waals surface area contributed by atoms with Crippen molar-refractivity contribution in [3.05, 3.63) is 175 Å². The van der Waals surface area contributed by atoms with Gasteiger partial charge in [-0.25, -0.2) is 15.0 Å². The number of hydrogen-bond acceptors (Lipinski definition) is 4. The van der Waals surface area contributed by atoms with Crippen LogP contribution in [0.25, 0.3) is 56.1 Å². The Morgan fingerprint density at radius 3 is 1.68 bits per heavy atom. The van der Waals surface area contributed by atoms with E-state index >= 15 is 0 Å². The van der Waals surface area contributed by atoms with Crippen molar-refractivity contribution < 1.29 is 0 Å². The highest BCUT2D eigenvalue weighted by molar-refractivity contribution is 6.06. The predicted octanol–water partition coefficient (Wildman–Crippen LogP) is 10.4. The fourth-order valence-corrected chi connectivity index (χ4v) is 7.13. The van der Waals surface area contributed by atoms with Gasteiger partial charge in [0.25, 0.3) is 0 Å². The zero-order chi connectivity index (χ0) is 31.2. The van der Waals surface area contributed by atoms with Crippen molar-refractivity contribution in [2.24, 2.45) is 0 Å². The van der Waals surface area contributed by atoms with Gasteiger partial charge in [-0.3, -0.25) is 0 Å². The van der Waals surface area contributed by atoms with E-state index < -0.39 is 0 Å². The summed E-state index contributed by atoms with van der Waals surface area (Å²) in [5.41, 5.74) is 9.14. The fourth-order valence-electron chi connectivity index (χ4n) is 7.13. The van der Waals surface area contributed by atoms with Crippen LogP contribution in [0.4, 0.5) is 11.4 Å². The zero-order valence-corrected chi connectivity index (χ0v) is 25.6. The van der Waals surface area contributed by atoms with Gasteiger partial charge in [-0.1, -0.05) is 158 Å². The second-order valence-electron chi connectivity index (χ2n) is 12.0. The van der Waals surface area contributed by atoms with Crippen LogP contribution in [0.1, 0.15) is 11.5 Å². The van der Waals surface area contributed by atoms with Crippen LogP contribution in [0.5, 0.6) is 0 Å². The number of nitrogens with zero attached hydrogens (tertiary/aromatic N) is 4. The first kappa shape index (κ1) is 27.2. The van der Waals surface area contributed by atoms with Gasteiger partial charge in [0, 0.05) is 39.2 Å². The molecule has 1 aliphatic carbocycles. The SMILES string of the molecule is C1=CC2c3cccc(-c4ccccc4)c3N(c3ccc(-c4nc(-c5ccccc5)nc(-c5ccccc5)n4)c4ccccc34)C2C=C1. The fraction of sp³-hybridized carbons (Fsp3) is 0.0465. The molecular formula is C43H30N4. The van der Waals surface area contributed by atoms with Crippen LogP contribution in [0.3, 0.4) is 0 Å². The molecule has 0 saturated carbocycles. The Balaban J connectivity index is 1.26. The van der Waals surface area contributed by atoms with E-state index in [9.17, 15) is 0 Å². The summed E-state index contributed by atoms with van der Waals surface area (Å²) in [6.45, 7) is 0. The maximum atomic E-state index is 5.08. The largest absolute Gasteiger partial charge is 0.332 e. The minimum Gasteiger partial charge on any atom is -0.332 e. The molecule has 0 bridgehead atoms. The minimum atomic E-state index is 0.167. The Bertz CT molecular complexity index is 2250. The summed E-state index contributed by atoms with van der Waals surface area (Å²) in [6.07, 6.45) is 9.04. The summed E-state index contributed by atoms with van der Waals surface area (Å²) in [6, 6.07) is 51.0. The van der Waals surface area contributed by atoms with Gasteiger partial charge in [0.1, 0.15) is 0 Å². The third kappa shape index (κ3) is 4.65. The molecule has 0 N–H and O–H groups in total. The number of aromatic nitrogens is 3. The summed E-state index contributed by atoms with van der Waals surface area (Å²) in [7, 11) is 0. The molecule has 2 aliphatic rings. The summed E-state index contributed by atoms with van der Waals surface area (Å²) in [4.78, 5) is 17.6. The molecule has 1 aliphatic heterocycles. The summed E-state index contributed by atoms with van der Waals surface area (Å²) in [5.74, 6) is 2.24. The number of anilines is 2. The first-order valence-electron chi connectivity index (χ1n) is 16.0. The molecule has 1 aromatic heterocycles. The van der Waals surface area contributed by atoms with Crippen LogP contribution in [0.2, 0.25) is 0 Å². The predicted molar refractivity (Wildman–Crippen MR) is 192 cm³/mol. The van der Waals surface area contributed by atoms with Crippen LogP contribution in [-0.4, -0.2) is 21.0 Å². The first-order chi connectivity index (χ1) is 23.3. The normalized spacial score (nSPS) is 16.3. The molecule has 6 aromatic carbocycles. The Labute approximate surface area is 274 Å². The van der Waals surface area contributed by atoms with E-state index in [1.807, 2.05) is 60.7 Å². The molecule has 2 unspecified atom stereocenters. The van der Waals surface area contributed by atoms with Crippen molar-refractivity contribution in [1.29, 1.82) is 0 Å². The Morgan fingerprint density at radius 1 is 0.426 bits per heavy atom. The average molecular weight is 603 g/mol. The quantitative estimate of drug-likeness (QED) is 0.197. The Kier molecular flexibility index (Phi) is 6.57. The lowest BCUT2D eigenvalue weighted by Gasteiger charge is -2.31. The molecule has 4 heteroatoms. The van der Waals surface area contributed by atoms with E-state index in [1.165, 1.54) is 28.1 Å². The van der Waals surface area contributed by atoms with Gasteiger partial charge in [0.15, 0.2) is 17.5 Å². The highest BCUT2D eigenvalue weighted by Gasteiger charge is 2.39. The maximum absolute atomic E-state index is 5.08. The lowest BCUT2D eigenvalue weighted by Crippen LogP contribution is -2.29. The van der Waals surface area contributed by atoms with Gasteiger partial charge in [-0.05, 0) is 28.6 Å². The molecule has 2 atom stereocenters. The topological polar surface area (TPSA) is 41.9 Å². The number of allylic oxidation sites excluding steroid dienone is 2. The number of rotatable bonds is 5. The van der Waals surface area contributed by atoms with Crippen molar-refractivity contribution in [1.82, 2.24) is 15.0 Å². The van der Waals surface area contributed by atoms with Crippen molar-refractivity contribution >= 4 is 22.1 Å². The number of fused-ring (bicyclic) bond motifs is 4. The third-order valence-electron chi connectivity index (χ3n) is 9.26. The van der Waals surface area contributed by atoms with Crippen LogP contribution >= 0.6 is 0 Å². The van der Waals surface area contributed by atoms with Crippen LogP contribution in [0, 0.1) is 0 Å². The molecule has 0 saturated heterocycles. The third-order valence-corrected chi connectivity index (χ3v) is 9.26. The van der Waals surface area contributed by atoms with Crippen LogP contribution < -0.4 is 4.90 Å². The lowest BCUT2D eigenvalue weighted by atomic mass is 9.90. The van der Waals surface area contributed by atoms with Gasteiger partial charge in [-0.2, -0.15) is 0 Å². The van der Waals surface area contributed by atoms with E-state index in [2.05, 4.69) is 114 Å². The van der Waals surface area contributed by atoms with E-state index in [0.29, 0.717) is 17.5 Å². The zero-order valence-electron chi connectivity index (χ0n) is 25.6. The van der Waals surface area contributed by atoms with Crippen molar-refractivity contribution in [3.63, 3.8) is 0 Å². The average Bonchev–Trinajstić information content (AvgIpc) is 3.50.